The molecular weight excluding hydrogens is 481 g/mol. The molecule has 0 fully saturated rings. The van der Waals surface area contributed by atoms with Crippen LogP contribution in [0.4, 0.5) is 0 Å². The molecule has 0 radical (unpaired) electrons. The summed E-state index contributed by atoms with van der Waals surface area (Å²) in [5, 5.41) is 16.7. The normalized spacial score (nSPS) is 12.0. The van der Waals surface area contributed by atoms with Gasteiger partial charge in [-0.2, -0.15) is 0 Å². The number of hydrogen-bond acceptors (Lipinski definition) is 4. The van der Waals surface area contributed by atoms with E-state index in [1.165, 1.54) is 12.7 Å². The lowest BCUT2D eigenvalue weighted by Crippen LogP contribution is -2.40. The van der Waals surface area contributed by atoms with E-state index in [0.29, 0.717) is 37.4 Å². The third-order valence-electron chi connectivity index (χ3n) is 4.19. The van der Waals surface area contributed by atoms with Crippen molar-refractivity contribution < 1.29 is 14.6 Å². The number of methoxy groups -OCH3 is 1. The predicted molar refractivity (Wildman–Crippen MR) is 128 cm³/mol. The first-order chi connectivity index (χ1) is 13.6. The van der Waals surface area contributed by atoms with Crippen LogP contribution in [0.1, 0.15) is 25.0 Å². The van der Waals surface area contributed by atoms with Gasteiger partial charge in [0.1, 0.15) is 0 Å². The lowest BCUT2D eigenvalue weighted by atomic mass is 10.2. The molecule has 7 heteroatoms. The van der Waals surface area contributed by atoms with Crippen LogP contribution in [-0.4, -0.2) is 37.9 Å². The number of phenolic OH excluding ortho intramolecular Hbond substituents is 1. The summed E-state index contributed by atoms with van der Waals surface area (Å²) in [7, 11) is 1.54. The Hall–Kier alpha value is -2.00. The van der Waals surface area contributed by atoms with Gasteiger partial charge in [-0.25, -0.2) is 4.99 Å². The predicted octanol–water partition coefficient (Wildman–Crippen LogP) is 3.93. The zero-order valence-electron chi connectivity index (χ0n) is 17.4. The van der Waals surface area contributed by atoms with E-state index in [4.69, 9.17) is 9.47 Å². The smallest absolute Gasteiger partial charge is 0.191 e. The summed E-state index contributed by atoms with van der Waals surface area (Å²) < 4.78 is 10.9. The second-order valence-corrected chi connectivity index (χ2v) is 6.65. The Balaban J connectivity index is 0.00000420. The van der Waals surface area contributed by atoms with Gasteiger partial charge in [0.05, 0.1) is 26.9 Å². The number of rotatable bonds is 10. The van der Waals surface area contributed by atoms with Crippen LogP contribution < -0.4 is 15.4 Å². The van der Waals surface area contributed by atoms with E-state index in [1.807, 2.05) is 37.3 Å². The fraction of sp³-hybridized carbons (Fsp3) is 0.409. The van der Waals surface area contributed by atoms with Gasteiger partial charge in [0, 0.05) is 18.7 Å². The lowest BCUT2D eigenvalue weighted by molar-refractivity contribution is 0.0931. The van der Waals surface area contributed by atoms with Gasteiger partial charge in [0.15, 0.2) is 17.5 Å². The quantitative estimate of drug-likeness (QED) is 0.255. The van der Waals surface area contributed by atoms with Crippen LogP contribution in [0.2, 0.25) is 0 Å². The highest BCUT2D eigenvalue weighted by Crippen LogP contribution is 2.29. The Labute approximate surface area is 190 Å². The number of guanidine groups is 1. The van der Waals surface area contributed by atoms with Gasteiger partial charge in [0.25, 0.3) is 0 Å². The molecule has 0 spiro atoms. The van der Waals surface area contributed by atoms with Crippen molar-refractivity contribution in [2.45, 2.75) is 27.0 Å². The van der Waals surface area contributed by atoms with Crippen molar-refractivity contribution in [3.63, 3.8) is 0 Å². The number of para-hydroxylation sites is 1. The second-order valence-electron chi connectivity index (χ2n) is 6.65. The van der Waals surface area contributed by atoms with Gasteiger partial charge < -0.3 is 25.2 Å². The van der Waals surface area contributed by atoms with Gasteiger partial charge >= 0.3 is 0 Å². The van der Waals surface area contributed by atoms with Gasteiger partial charge in [-0.3, -0.25) is 0 Å². The molecule has 2 aromatic carbocycles. The first kappa shape index (κ1) is 25.0. The van der Waals surface area contributed by atoms with Crippen molar-refractivity contribution in [2.24, 2.45) is 10.9 Å². The third-order valence-corrected chi connectivity index (χ3v) is 4.19. The molecule has 0 heterocycles. The number of aliphatic imine (C=N–C) groups is 1. The van der Waals surface area contributed by atoms with E-state index in [1.54, 1.807) is 6.07 Å². The second kappa shape index (κ2) is 14.1. The van der Waals surface area contributed by atoms with Crippen LogP contribution in [0.25, 0.3) is 0 Å². The first-order valence-electron chi connectivity index (χ1n) is 9.62. The zero-order valence-corrected chi connectivity index (χ0v) is 19.7. The largest absolute Gasteiger partial charge is 0.504 e. The fourth-order valence-electron chi connectivity index (χ4n) is 2.65. The Kier molecular flexibility index (Phi) is 12.1. The maximum Gasteiger partial charge on any atom is 0.191 e. The molecule has 2 rings (SSSR count). The molecule has 2 aromatic rings. The van der Waals surface area contributed by atoms with E-state index in [-0.39, 0.29) is 29.7 Å². The van der Waals surface area contributed by atoms with Crippen molar-refractivity contribution in [1.29, 1.82) is 0 Å². The number of ether oxygens (including phenoxy) is 2. The summed E-state index contributed by atoms with van der Waals surface area (Å²) >= 11 is 0. The van der Waals surface area contributed by atoms with Gasteiger partial charge in [-0.1, -0.05) is 49.4 Å². The average Bonchev–Trinajstić information content (AvgIpc) is 2.71. The van der Waals surface area contributed by atoms with E-state index in [0.717, 1.165) is 18.7 Å². The average molecular weight is 513 g/mol. The maximum atomic E-state index is 10.2. The van der Waals surface area contributed by atoms with Crippen LogP contribution >= 0.6 is 24.0 Å². The number of nitrogens with zero attached hydrogens (tertiary/aromatic N) is 1. The Morgan fingerprint density at radius 2 is 1.86 bits per heavy atom. The van der Waals surface area contributed by atoms with Gasteiger partial charge in [-0.05, 0) is 24.5 Å². The van der Waals surface area contributed by atoms with Crippen LogP contribution in [0.15, 0.2) is 53.5 Å². The minimum Gasteiger partial charge on any atom is -0.504 e. The summed E-state index contributed by atoms with van der Waals surface area (Å²) in [5.41, 5.74) is 1.89. The number of nitrogens with one attached hydrogen (secondary N) is 2. The fourth-order valence-corrected chi connectivity index (χ4v) is 2.65. The van der Waals surface area contributed by atoms with E-state index in [9.17, 15) is 5.11 Å². The third kappa shape index (κ3) is 8.91. The first-order valence-corrected chi connectivity index (χ1v) is 9.62. The van der Waals surface area contributed by atoms with Crippen molar-refractivity contribution in [3.05, 3.63) is 59.7 Å². The molecule has 0 saturated heterocycles. The molecule has 1 unspecified atom stereocenters. The molecule has 3 N–H and O–H groups in total. The molecule has 0 aliphatic rings. The van der Waals surface area contributed by atoms with Crippen molar-refractivity contribution >= 4 is 29.9 Å². The summed E-state index contributed by atoms with van der Waals surface area (Å²) in [6.07, 6.45) is 0. The molecule has 0 aliphatic carbocycles. The molecule has 6 nitrogen and oxygen atoms in total. The topological polar surface area (TPSA) is 75.1 Å². The van der Waals surface area contributed by atoms with Crippen LogP contribution in [-0.2, 0) is 17.9 Å². The molecule has 0 amide bonds. The van der Waals surface area contributed by atoms with Crippen LogP contribution in [0.3, 0.4) is 0 Å². The minimum atomic E-state index is 0. The van der Waals surface area contributed by atoms with Crippen molar-refractivity contribution in [2.75, 3.05) is 26.8 Å². The molecule has 0 aliphatic heterocycles. The molecule has 0 aromatic heterocycles. The highest BCUT2D eigenvalue weighted by molar-refractivity contribution is 14.0. The maximum absolute atomic E-state index is 10.2. The van der Waals surface area contributed by atoms with Crippen molar-refractivity contribution in [1.82, 2.24) is 10.6 Å². The van der Waals surface area contributed by atoms with E-state index < -0.39 is 0 Å². The summed E-state index contributed by atoms with van der Waals surface area (Å²) in [6, 6.07) is 15.6. The highest BCUT2D eigenvalue weighted by Gasteiger charge is 2.08. The Morgan fingerprint density at radius 3 is 2.55 bits per heavy atom. The number of halogens is 1. The van der Waals surface area contributed by atoms with Crippen LogP contribution in [0, 0.1) is 5.92 Å². The van der Waals surface area contributed by atoms with E-state index in [2.05, 4.69) is 34.7 Å². The lowest BCUT2D eigenvalue weighted by Gasteiger charge is -2.16. The SMILES string of the molecule is CCNC(=NCc1cccc(OC)c1O)NCC(C)COCc1ccccc1.I. The monoisotopic (exact) mass is 513 g/mol. The van der Waals surface area contributed by atoms with Crippen LogP contribution in [0.5, 0.6) is 11.5 Å². The van der Waals surface area contributed by atoms with Gasteiger partial charge in [-0.15, -0.1) is 24.0 Å². The Morgan fingerprint density at radius 1 is 1.10 bits per heavy atom. The van der Waals surface area contributed by atoms with Gasteiger partial charge in [0.2, 0.25) is 0 Å². The Bertz CT molecular complexity index is 741. The summed E-state index contributed by atoms with van der Waals surface area (Å²) in [4.78, 5) is 4.56. The van der Waals surface area contributed by atoms with Crippen molar-refractivity contribution in [3.8, 4) is 11.5 Å². The molecule has 0 saturated carbocycles. The molecule has 160 valence electrons. The molecule has 0 bridgehead atoms. The number of phenols is 1. The molecule has 1 atom stereocenters. The number of aromatic hydroxyl groups is 1. The summed E-state index contributed by atoms with van der Waals surface area (Å²) in [6.45, 7) is 7.30. The zero-order chi connectivity index (χ0) is 20.2. The minimum absolute atomic E-state index is 0. The molecule has 29 heavy (non-hydrogen) atoms. The summed E-state index contributed by atoms with van der Waals surface area (Å²) in [5.74, 6) is 1.62. The van der Waals surface area contributed by atoms with E-state index >= 15 is 0 Å². The highest BCUT2D eigenvalue weighted by atomic mass is 127. The molecular formula is C22H32IN3O3. The number of hydrogen-bond donors (Lipinski definition) is 3. The number of benzene rings is 2. The standard InChI is InChI=1S/C22H31N3O3.HI/c1-4-23-22(25-14-19-11-8-12-20(27-3)21(19)26)24-13-17(2)15-28-16-18-9-6-5-7-10-18;/h5-12,17,26H,4,13-16H2,1-3H3,(H2,23,24,25);1H.